The Hall–Kier alpha value is -1.54. The largest absolute Gasteiger partial charge is 0.530 e. The van der Waals surface area contributed by atoms with Gasteiger partial charge < -0.3 is 14.8 Å². The first kappa shape index (κ1) is 11.5. The lowest BCUT2D eigenvalue weighted by Crippen LogP contribution is -2.51. The maximum absolute atomic E-state index is 11.0. The molecule has 0 aliphatic heterocycles. The third kappa shape index (κ3) is 2.48. The molecule has 0 fully saturated rings. The summed E-state index contributed by atoms with van der Waals surface area (Å²) >= 11 is 1.14. The van der Waals surface area contributed by atoms with Crippen LogP contribution in [0.4, 0.5) is 9.80 Å². The Balaban J connectivity index is 3.12. The summed E-state index contributed by atoms with van der Waals surface area (Å²) in [6.07, 6.45) is -1.26. The van der Waals surface area contributed by atoms with Crippen LogP contribution in [-0.2, 0) is 0 Å². The van der Waals surface area contributed by atoms with Crippen LogP contribution in [0.15, 0.2) is 12.1 Å². The summed E-state index contributed by atoms with van der Waals surface area (Å²) < 4.78 is 0. The average Bonchev–Trinajstić information content (AvgIpc) is 2.49. The minimum absolute atomic E-state index is 0.487. The number of hydrogen-bond acceptors (Lipinski definition) is 4. The van der Waals surface area contributed by atoms with Gasteiger partial charge in [-0.2, -0.15) is 5.26 Å². The van der Waals surface area contributed by atoms with Gasteiger partial charge in [0.25, 0.3) is 0 Å². The number of amides is 1. The number of carboxylic acid groups (broad SMARTS) is 1. The zero-order valence-corrected chi connectivity index (χ0v) is 9.59. The molecule has 4 nitrogen and oxygen atoms in total. The van der Waals surface area contributed by atoms with Crippen LogP contribution in [0.1, 0.15) is 25.6 Å². The van der Waals surface area contributed by atoms with Crippen molar-refractivity contribution in [2.45, 2.75) is 26.3 Å². The van der Waals surface area contributed by atoms with Gasteiger partial charge in [-0.15, -0.1) is 11.3 Å². The van der Waals surface area contributed by atoms with Crippen LogP contribution in [0.2, 0.25) is 0 Å². The Morgan fingerprint density at radius 3 is 2.47 bits per heavy atom. The first-order valence-electron chi connectivity index (χ1n) is 4.37. The second-order valence-corrected chi connectivity index (χ2v) is 5.08. The van der Waals surface area contributed by atoms with E-state index in [0.29, 0.717) is 9.88 Å². The van der Waals surface area contributed by atoms with Crippen LogP contribution in [-0.4, -0.2) is 11.6 Å². The van der Waals surface area contributed by atoms with E-state index in [1.165, 1.54) is 0 Å². The molecule has 0 saturated heterocycles. The normalized spacial score (nSPS) is 10.8. The minimum Gasteiger partial charge on any atom is -0.530 e. The molecule has 5 heteroatoms. The van der Waals surface area contributed by atoms with Gasteiger partial charge in [-0.1, -0.05) is 0 Å². The molecule has 1 heterocycles. The molecule has 1 amide bonds. The number of carbonyl (C=O) groups excluding carboxylic acids is 1. The van der Waals surface area contributed by atoms with Gasteiger partial charge in [-0.05, 0) is 32.9 Å². The van der Waals surface area contributed by atoms with Gasteiger partial charge in [-0.3, -0.25) is 0 Å². The van der Waals surface area contributed by atoms with Gasteiger partial charge in [0.15, 0.2) is 0 Å². The van der Waals surface area contributed by atoms with Crippen LogP contribution in [0, 0.1) is 11.3 Å². The number of hydrogen-bond donors (Lipinski definition) is 0. The summed E-state index contributed by atoms with van der Waals surface area (Å²) in [6.45, 7) is 5.32. The third-order valence-electron chi connectivity index (χ3n) is 1.78. The molecular formula is C10H11N2O2S-. The summed E-state index contributed by atoms with van der Waals surface area (Å²) in [5.41, 5.74) is -0.573. The van der Waals surface area contributed by atoms with E-state index in [1.54, 1.807) is 32.9 Å². The molecule has 0 N–H and O–H groups in total. The number of anilines is 1. The van der Waals surface area contributed by atoms with E-state index in [1.807, 2.05) is 6.07 Å². The molecule has 0 radical (unpaired) electrons. The van der Waals surface area contributed by atoms with E-state index >= 15 is 0 Å². The molecule has 1 aromatic rings. The predicted molar refractivity (Wildman–Crippen MR) is 56.7 cm³/mol. The van der Waals surface area contributed by atoms with Gasteiger partial charge in [0.05, 0.1) is 5.00 Å². The van der Waals surface area contributed by atoms with Gasteiger partial charge in [0, 0.05) is 5.54 Å². The quantitative estimate of drug-likeness (QED) is 0.725. The lowest BCUT2D eigenvalue weighted by atomic mass is 10.1. The molecule has 0 saturated carbocycles. The van der Waals surface area contributed by atoms with Crippen molar-refractivity contribution in [3.63, 3.8) is 0 Å². The number of rotatable bonds is 1. The minimum atomic E-state index is -1.26. The Bertz CT molecular complexity index is 412. The molecular weight excluding hydrogens is 212 g/mol. The zero-order chi connectivity index (χ0) is 11.6. The molecule has 0 bridgehead atoms. The molecule has 0 unspecified atom stereocenters. The van der Waals surface area contributed by atoms with E-state index in [9.17, 15) is 9.90 Å². The lowest BCUT2D eigenvalue weighted by Gasteiger charge is -2.36. The summed E-state index contributed by atoms with van der Waals surface area (Å²) in [5.74, 6) is 0. The van der Waals surface area contributed by atoms with Crippen molar-refractivity contribution >= 4 is 22.4 Å². The first-order valence-corrected chi connectivity index (χ1v) is 5.19. The van der Waals surface area contributed by atoms with Crippen LogP contribution in [0.5, 0.6) is 0 Å². The molecule has 80 valence electrons. The second-order valence-electron chi connectivity index (χ2n) is 4.02. The number of nitrogens with zero attached hydrogens (tertiary/aromatic N) is 2. The molecule has 15 heavy (non-hydrogen) atoms. The number of carbonyl (C=O) groups is 1. The van der Waals surface area contributed by atoms with Gasteiger partial charge in [-0.25, -0.2) is 0 Å². The smallest absolute Gasteiger partial charge is 0.142 e. The van der Waals surface area contributed by atoms with Crippen molar-refractivity contribution in [2.75, 3.05) is 4.90 Å². The van der Waals surface area contributed by atoms with E-state index in [-0.39, 0.29) is 0 Å². The predicted octanol–water partition coefficient (Wildman–Crippen LogP) is 1.57. The highest BCUT2D eigenvalue weighted by molar-refractivity contribution is 7.16. The Morgan fingerprint density at radius 1 is 1.53 bits per heavy atom. The zero-order valence-electron chi connectivity index (χ0n) is 8.77. The maximum Gasteiger partial charge on any atom is 0.142 e. The Morgan fingerprint density at radius 2 is 2.13 bits per heavy atom. The van der Waals surface area contributed by atoms with Crippen molar-refractivity contribution < 1.29 is 9.90 Å². The highest BCUT2D eigenvalue weighted by Crippen LogP contribution is 2.30. The standard InChI is InChI=1S/C10H12N2O2S/c1-10(2,3)12(9(13)14)8-5-4-7(6-11)15-8/h4-5H,1-3H3,(H,13,14)/p-1. The summed E-state index contributed by atoms with van der Waals surface area (Å²) in [4.78, 5) is 12.6. The first-order chi connectivity index (χ1) is 6.86. The van der Waals surface area contributed by atoms with Crippen molar-refractivity contribution in [2.24, 2.45) is 0 Å². The van der Waals surface area contributed by atoms with Crippen molar-refractivity contribution in [3.05, 3.63) is 17.0 Å². The molecule has 0 spiro atoms. The van der Waals surface area contributed by atoms with E-state index in [0.717, 1.165) is 16.2 Å². The van der Waals surface area contributed by atoms with Crippen LogP contribution in [0.25, 0.3) is 0 Å². The summed E-state index contributed by atoms with van der Waals surface area (Å²) in [7, 11) is 0. The monoisotopic (exact) mass is 223 g/mol. The topological polar surface area (TPSA) is 67.2 Å². The van der Waals surface area contributed by atoms with Crippen LogP contribution < -0.4 is 10.0 Å². The Kier molecular flexibility index (Phi) is 3.01. The summed E-state index contributed by atoms with van der Waals surface area (Å²) in [6, 6.07) is 5.19. The molecule has 0 aromatic carbocycles. The molecule has 0 atom stereocenters. The van der Waals surface area contributed by atoms with Gasteiger partial charge >= 0.3 is 0 Å². The van der Waals surface area contributed by atoms with E-state index < -0.39 is 11.6 Å². The highest BCUT2D eigenvalue weighted by Gasteiger charge is 2.24. The SMILES string of the molecule is CC(C)(C)N(C(=O)[O-])c1ccc(C#N)s1. The molecule has 1 rings (SSSR count). The van der Waals surface area contributed by atoms with Crippen molar-refractivity contribution in [1.29, 1.82) is 5.26 Å². The fraction of sp³-hybridized carbons (Fsp3) is 0.400. The van der Waals surface area contributed by atoms with Gasteiger partial charge in [0.1, 0.15) is 17.0 Å². The lowest BCUT2D eigenvalue weighted by molar-refractivity contribution is -0.247. The molecule has 0 aliphatic rings. The summed E-state index contributed by atoms with van der Waals surface area (Å²) in [5, 5.41) is 20.1. The van der Waals surface area contributed by atoms with Crippen molar-refractivity contribution in [3.8, 4) is 6.07 Å². The maximum atomic E-state index is 11.0. The fourth-order valence-electron chi connectivity index (χ4n) is 1.20. The molecule has 1 aromatic heterocycles. The van der Waals surface area contributed by atoms with Gasteiger partial charge in [0.2, 0.25) is 0 Å². The van der Waals surface area contributed by atoms with E-state index in [4.69, 9.17) is 5.26 Å². The van der Waals surface area contributed by atoms with Crippen LogP contribution in [0.3, 0.4) is 0 Å². The fourth-order valence-corrected chi connectivity index (χ4v) is 2.19. The third-order valence-corrected chi connectivity index (χ3v) is 2.75. The van der Waals surface area contributed by atoms with Crippen molar-refractivity contribution in [1.82, 2.24) is 0 Å². The average molecular weight is 223 g/mol. The molecule has 0 aliphatic carbocycles. The Labute approximate surface area is 92.4 Å². The highest BCUT2D eigenvalue weighted by atomic mass is 32.1. The van der Waals surface area contributed by atoms with E-state index in [2.05, 4.69) is 0 Å². The number of thiophene rings is 1. The second kappa shape index (κ2) is 3.91. The van der Waals surface area contributed by atoms with Crippen LogP contribution >= 0.6 is 11.3 Å². The number of nitriles is 1.